The van der Waals surface area contributed by atoms with Crippen LogP contribution in [-0.4, -0.2) is 48.4 Å². The third-order valence-electron chi connectivity index (χ3n) is 3.83. The molecule has 0 radical (unpaired) electrons. The van der Waals surface area contributed by atoms with Gasteiger partial charge in [-0.25, -0.2) is 0 Å². The van der Waals surface area contributed by atoms with Crippen molar-refractivity contribution in [1.82, 2.24) is 9.80 Å². The first-order valence-electron chi connectivity index (χ1n) is 6.63. The second kappa shape index (κ2) is 5.67. The first-order valence-corrected chi connectivity index (χ1v) is 6.63. The minimum absolute atomic E-state index is 0.242. The van der Waals surface area contributed by atoms with Crippen molar-refractivity contribution in [2.24, 2.45) is 5.41 Å². The SMILES string of the molecule is CC.CCN1CC2(CCN(C(C)=O)CC2)C1. The molecule has 2 heterocycles. The van der Waals surface area contributed by atoms with Crippen LogP contribution in [-0.2, 0) is 4.79 Å². The molecule has 16 heavy (non-hydrogen) atoms. The van der Waals surface area contributed by atoms with Gasteiger partial charge in [-0.2, -0.15) is 0 Å². The van der Waals surface area contributed by atoms with Crippen molar-refractivity contribution < 1.29 is 4.79 Å². The number of rotatable bonds is 1. The van der Waals surface area contributed by atoms with E-state index in [0.717, 1.165) is 13.1 Å². The Morgan fingerprint density at radius 2 is 1.69 bits per heavy atom. The quantitative estimate of drug-likeness (QED) is 0.682. The first-order chi connectivity index (χ1) is 7.65. The first kappa shape index (κ1) is 13.5. The fourth-order valence-corrected chi connectivity index (χ4v) is 2.74. The van der Waals surface area contributed by atoms with E-state index in [1.54, 1.807) is 6.92 Å². The molecule has 94 valence electrons. The number of hydrogen-bond acceptors (Lipinski definition) is 2. The molecule has 0 saturated carbocycles. The van der Waals surface area contributed by atoms with E-state index in [1.165, 1.54) is 32.5 Å². The highest BCUT2D eigenvalue weighted by Crippen LogP contribution is 2.39. The molecule has 0 aromatic heterocycles. The summed E-state index contributed by atoms with van der Waals surface area (Å²) in [5.74, 6) is 0.242. The molecule has 0 aromatic carbocycles. The van der Waals surface area contributed by atoms with E-state index in [1.807, 2.05) is 18.7 Å². The summed E-state index contributed by atoms with van der Waals surface area (Å²) < 4.78 is 0. The monoisotopic (exact) mass is 226 g/mol. The van der Waals surface area contributed by atoms with Crippen LogP contribution in [0.3, 0.4) is 0 Å². The van der Waals surface area contributed by atoms with Crippen LogP contribution < -0.4 is 0 Å². The van der Waals surface area contributed by atoms with E-state index in [4.69, 9.17) is 0 Å². The van der Waals surface area contributed by atoms with Gasteiger partial charge < -0.3 is 9.80 Å². The summed E-state index contributed by atoms with van der Waals surface area (Å²) in [5.41, 5.74) is 0.571. The Morgan fingerprint density at radius 3 is 2.06 bits per heavy atom. The Labute approximate surface area is 99.8 Å². The van der Waals surface area contributed by atoms with Crippen LogP contribution in [0.15, 0.2) is 0 Å². The van der Waals surface area contributed by atoms with Crippen molar-refractivity contribution in [3.05, 3.63) is 0 Å². The standard InChI is InChI=1S/C11H20N2O.C2H6/c1-3-12-8-11(9-12)4-6-13(7-5-11)10(2)14;1-2/h3-9H2,1-2H3;1-2H3. The van der Waals surface area contributed by atoms with E-state index in [2.05, 4.69) is 11.8 Å². The van der Waals surface area contributed by atoms with Crippen molar-refractivity contribution in [2.75, 3.05) is 32.7 Å². The molecule has 2 aliphatic rings. The van der Waals surface area contributed by atoms with Gasteiger partial charge in [0.05, 0.1) is 0 Å². The Morgan fingerprint density at radius 1 is 1.19 bits per heavy atom. The van der Waals surface area contributed by atoms with Gasteiger partial charge in [0.25, 0.3) is 0 Å². The van der Waals surface area contributed by atoms with Crippen LogP contribution >= 0.6 is 0 Å². The lowest BCUT2D eigenvalue weighted by molar-refractivity contribution is -0.133. The molecule has 0 aromatic rings. The lowest BCUT2D eigenvalue weighted by Gasteiger charge is -2.53. The Hall–Kier alpha value is -0.570. The topological polar surface area (TPSA) is 23.6 Å². The second-order valence-corrected chi connectivity index (χ2v) is 4.81. The molecule has 1 spiro atoms. The van der Waals surface area contributed by atoms with Crippen LogP contribution in [0.4, 0.5) is 0 Å². The van der Waals surface area contributed by atoms with E-state index < -0.39 is 0 Å². The third kappa shape index (κ3) is 2.76. The smallest absolute Gasteiger partial charge is 0.219 e. The van der Waals surface area contributed by atoms with Gasteiger partial charge in [0.2, 0.25) is 5.91 Å². The molecule has 0 bridgehead atoms. The highest BCUT2D eigenvalue weighted by Gasteiger charge is 2.44. The molecule has 0 aliphatic carbocycles. The summed E-state index contributed by atoms with van der Waals surface area (Å²) in [6.45, 7) is 13.6. The van der Waals surface area contributed by atoms with E-state index in [9.17, 15) is 4.79 Å². The normalized spacial score (nSPS) is 23.4. The van der Waals surface area contributed by atoms with Crippen molar-refractivity contribution in [2.45, 2.75) is 40.5 Å². The number of hydrogen-bond donors (Lipinski definition) is 0. The lowest BCUT2D eigenvalue weighted by atomic mass is 9.72. The largest absolute Gasteiger partial charge is 0.343 e. The fraction of sp³-hybridized carbons (Fsp3) is 0.923. The molecule has 2 rings (SSSR count). The Kier molecular flexibility index (Phi) is 4.78. The summed E-state index contributed by atoms with van der Waals surface area (Å²) in [6.07, 6.45) is 2.42. The number of piperidine rings is 1. The maximum atomic E-state index is 11.2. The van der Waals surface area contributed by atoms with Gasteiger partial charge in [-0.3, -0.25) is 4.79 Å². The average molecular weight is 226 g/mol. The highest BCUT2D eigenvalue weighted by molar-refractivity contribution is 5.73. The van der Waals surface area contributed by atoms with Crippen molar-refractivity contribution in [3.63, 3.8) is 0 Å². The minimum atomic E-state index is 0.242. The van der Waals surface area contributed by atoms with Crippen LogP contribution in [0.1, 0.15) is 40.5 Å². The van der Waals surface area contributed by atoms with Gasteiger partial charge in [0.15, 0.2) is 0 Å². The van der Waals surface area contributed by atoms with Crippen LogP contribution in [0.2, 0.25) is 0 Å². The van der Waals surface area contributed by atoms with Gasteiger partial charge in [0.1, 0.15) is 0 Å². The predicted molar refractivity (Wildman–Crippen MR) is 67.4 cm³/mol. The number of amides is 1. The predicted octanol–water partition coefficient (Wildman–Crippen LogP) is 1.98. The number of nitrogens with zero attached hydrogens (tertiary/aromatic N) is 2. The summed E-state index contributed by atoms with van der Waals surface area (Å²) in [5, 5.41) is 0. The zero-order valence-corrected chi connectivity index (χ0v) is 11.3. The maximum Gasteiger partial charge on any atom is 0.219 e. The van der Waals surface area contributed by atoms with Gasteiger partial charge in [-0.1, -0.05) is 20.8 Å². The molecule has 2 saturated heterocycles. The van der Waals surface area contributed by atoms with Gasteiger partial charge in [-0.15, -0.1) is 0 Å². The molecular formula is C13H26N2O. The average Bonchev–Trinajstić information content (AvgIpc) is 2.28. The van der Waals surface area contributed by atoms with E-state index in [0.29, 0.717) is 5.41 Å². The summed E-state index contributed by atoms with van der Waals surface area (Å²) in [6, 6.07) is 0. The zero-order chi connectivity index (χ0) is 12.2. The third-order valence-corrected chi connectivity index (χ3v) is 3.83. The van der Waals surface area contributed by atoms with E-state index >= 15 is 0 Å². The zero-order valence-electron chi connectivity index (χ0n) is 11.3. The molecule has 3 nitrogen and oxygen atoms in total. The minimum Gasteiger partial charge on any atom is -0.343 e. The summed E-state index contributed by atoms with van der Waals surface area (Å²) >= 11 is 0. The fourth-order valence-electron chi connectivity index (χ4n) is 2.74. The summed E-state index contributed by atoms with van der Waals surface area (Å²) in [4.78, 5) is 15.6. The summed E-state index contributed by atoms with van der Waals surface area (Å²) in [7, 11) is 0. The molecule has 1 amide bonds. The Balaban J connectivity index is 0.000000606. The highest BCUT2D eigenvalue weighted by atomic mass is 16.2. The van der Waals surface area contributed by atoms with Crippen LogP contribution in [0.5, 0.6) is 0 Å². The van der Waals surface area contributed by atoms with E-state index in [-0.39, 0.29) is 5.91 Å². The second-order valence-electron chi connectivity index (χ2n) is 4.81. The number of carbonyl (C=O) groups excluding carboxylic acids is 1. The lowest BCUT2D eigenvalue weighted by Crippen LogP contribution is -2.60. The molecule has 0 N–H and O–H groups in total. The molecule has 2 fully saturated rings. The van der Waals surface area contributed by atoms with Gasteiger partial charge in [-0.05, 0) is 24.8 Å². The van der Waals surface area contributed by atoms with Crippen LogP contribution in [0, 0.1) is 5.41 Å². The Bertz CT molecular complexity index is 224. The molecule has 0 unspecified atom stereocenters. The molecule has 0 atom stereocenters. The number of likely N-dealkylation sites (tertiary alicyclic amines) is 2. The van der Waals surface area contributed by atoms with Gasteiger partial charge in [0, 0.05) is 33.1 Å². The van der Waals surface area contributed by atoms with Crippen molar-refractivity contribution >= 4 is 5.91 Å². The maximum absolute atomic E-state index is 11.2. The van der Waals surface area contributed by atoms with Gasteiger partial charge >= 0.3 is 0 Å². The van der Waals surface area contributed by atoms with Crippen molar-refractivity contribution in [3.8, 4) is 0 Å². The van der Waals surface area contributed by atoms with Crippen LogP contribution in [0.25, 0.3) is 0 Å². The molecule has 2 aliphatic heterocycles. The molecule has 3 heteroatoms. The number of carbonyl (C=O) groups is 1. The van der Waals surface area contributed by atoms with Crippen molar-refractivity contribution in [1.29, 1.82) is 0 Å². The molecular weight excluding hydrogens is 200 g/mol.